The SMILES string of the molecule is ON=C1CC2CCCCCCCCC12O. The lowest BCUT2D eigenvalue weighted by atomic mass is 9.63. The van der Waals surface area contributed by atoms with E-state index >= 15 is 0 Å². The van der Waals surface area contributed by atoms with E-state index in [1.165, 1.54) is 32.1 Å². The lowest BCUT2D eigenvalue weighted by molar-refractivity contribution is -0.00552. The van der Waals surface area contributed by atoms with Gasteiger partial charge >= 0.3 is 0 Å². The van der Waals surface area contributed by atoms with E-state index in [0.717, 1.165) is 25.7 Å². The second kappa shape index (κ2) is 4.52. The first-order valence-electron chi connectivity index (χ1n) is 6.21. The third-order valence-electron chi connectivity index (χ3n) is 4.10. The van der Waals surface area contributed by atoms with Crippen LogP contribution in [0, 0.1) is 5.92 Å². The summed E-state index contributed by atoms with van der Waals surface area (Å²) in [5, 5.41) is 22.5. The van der Waals surface area contributed by atoms with Crippen LogP contribution in [-0.2, 0) is 0 Å². The van der Waals surface area contributed by atoms with Crippen molar-refractivity contribution >= 4 is 5.71 Å². The van der Waals surface area contributed by atoms with E-state index < -0.39 is 5.60 Å². The minimum absolute atomic E-state index is 0.349. The Morgan fingerprint density at radius 3 is 2.47 bits per heavy atom. The number of hydrogen-bond acceptors (Lipinski definition) is 3. The molecule has 0 aromatic heterocycles. The zero-order valence-electron chi connectivity index (χ0n) is 9.28. The Kier molecular flexibility index (Phi) is 3.29. The second-order valence-electron chi connectivity index (χ2n) is 5.03. The Bertz CT molecular complexity index is 252. The molecule has 15 heavy (non-hydrogen) atoms. The van der Waals surface area contributed by atoms with Crippen molar-refractivity contribution in [3.8, 4) is 0 Å². The van der Waals surface area contributed by atoms with Crippen LogP contribution in [0.4, 0.5) is 0 Å². The van der Waals surface area contributed by atoms with Gasteiger partial charge in [0.15, 0.2) is 0 Å². The lowest BCUT2D eigenvalue weighted by Crippen LogP contribution is -2.56. The zero-order chi connectivity index (χ0) is 10.7. The van der Waals surface area contributed by atoms with Gasteiger partial charge in [-0.05, 0) is 25.2 Å². The number of aliphatic hydroxyl groups is 1. The van der Waals surface area contributed by atoms with E-state index in [9.17, 15) is 5.11 Å². The average Bonchev–Trinajstić information content (AvgIpc) is 2.24. The summed E-state index contributed by atoms with van der Waals surface area (Å²) < 4.78 is 0. The third kappa shape index (κ3) is 2.03. The number of hydrogen-bond donors (Lipinski definition) is 2. The largest absolute Gasteiger partial charge is 0.411 e. The van der Waals surface area contributed by atoms with Crippen LogP contribution >= 0.6 is 0 Å². The summed E-state index contributed by atoms with van der Waals surface area (Å²) >= 11 is 0. The molecule has 0 bridgehead atoms. The van der Waals surface area contributed by atoms with Gasteiger partial charge in [0.25, 0.3) is 0 Å². The van der Waals surface area contributed by atoms with Crippen molar-refractivity contribution < 1.29 is 10.3 Å². The van der Waals surface area contributed by atoms with Crippen LogP contribution in [-0.4, -0.2) is 21.6 Å². The van der Waals surface area contributed by atoms with E-state index in [1.807, 2.05) is 0 Å². The van der Waals surface area contributed by atoms with Crippen LogP contribution < -0.4 is 0 Å². The molecule has 2 rings (SSSR count). The fourth-order valence-corrected chi connectivity index (χ4v) is 2.99. The molecule has 0 radical (unpaired) electrons. The van der Waals surface area contributed by atoms with Gasteiger partial charge in [-0.3, -0.25) is 0 Å². The minimum atomic E-state index is -0.758. The highest BCUT2D eigenvalue weighted by atomic mass is 16.4. The van der Waals surface area contributed by atoms with Crippen LogP contribution in [0.15, 0.2) is 5.16 Å². The first-order chi connectivity index (χ1) is 7.27. The standard InChI is InChI=1S/C12H21NO2/c14-12-8-6-4-2-1-3-5-7-10(12)9-11(12)13-15/h10,14-15H,1-9H2. The Labute approximate surface area is 91.2 Å². The van der Waals surface area contributed by atoms with E-state index in [4.69, 9.17) is 5.21 Å². The monoisotopic (exact) mass is 211 g/mol. The van der Waals surface area contributed by atoms with Crippen molar-refractivity contribution in [2.75, 3.05) is 0 Å². The Morgan fingerprint density at radius 1 is 1.07 bits per heavy atom. The van der Waals surface area contributed by atoms with Crippen molar-refractivity contribution in [1.29, 1.82) is 0 Å². The highest BCUT2D eigenvalue weighted by Gasteiger charge is 2.50. The molecular formula is C12H21NO2. The fourth-order valence-electron chi connectivity index (χ4n) is 2.99. The van der Waals surface area contributed by atoms with Gasteiger partial charge in [-0.1, -0.05) is 43.7 Å². The molecular weight excluding hydrogens is 190 g/mol. The molecule has 2 unspecified atom stereocenters. The zero-order valence-corrected chi connectivity index (χ0v) is 9.28. The van der Waals surface area contributed by atoms with E-state index in [-0.39, 0.29) is 0 Å². The van der Waals surface area contributed by atoms with Gasteiger partial charge in [-0.15, -0.1) is 0 Å². The highest BCUT2D eigenvalue weighted by Crippen LogP contribution is 2.43. The second-order valence-corrected chi connectivity index (χ2v) is 5.03. The maximum Gasteiger partial charge on any atom is 0.109 e. The van der Waals surface area contributed by atoms with E-state index in [1.54, 1.807) is 0 Å². The van der Waals surface area contributed by atoms with Crippen molar-refractivity contribution in [3.05, 3.63) is 0 Å². The molecule has 0 aliphatic heterocycles. The maximum absolute atomic E-state index is 10.4. The molecule has 2 N–H and O–H groups in total. The van der Waals surface area contributed by atoms with E-state index in [0.29, 0.717) is 11.6 Å². The molecule has 3 nitrogen and oxygen atoms in total. The van der Waals surface area contributed by atoms with Crippen LogP contribution in [0.25, 0.3) is 0 Å². The van der Waals surface area contributed by atoms with Crippen molar-refractivity contribution in [2.45, 2.75) is 63.4 Å². The molecule has 0 amide bonds. The summed E-state index contributed by atoms with van der Waals surface area (Å²) in [4.78, 5) is 0. The average molecular weight is 211 g/mol. The molecule has 0 spiro atoms. The Balaban J connectivity index is 2.01. The summed E-state index contributed by atoms with van der Waals surface area (Å²) in [6, 6.07) is 0. The predicted molar refractivity (Wildman–Crippen MR) is 59.2 cm³/mol. The van der Waals surface area contributed by atoms with Crippen molar-refractivity contribution in [1.82, 2.24) is 0 Å². The van der Waals surface area contributed by atoms with E-state index in [2.05, 4.69) is 5.16 Å². The van der Waals surface area contributed by atoms with Crippen LogP contribution in [0.3, 0.4) is 0 Å². The van der Waals surface area contributed by atoms with Gasteiger partial charge in [0.05, 0.1) is 5.71 Å². The molecule has 86 valence electrons. The summed E-state index contributed by atoms with van der Waals surface area (Å²) in [7, 11) is 0. The molecule has 2 saturated carbocycles. The summed E-state index contributed by atoms with van der Waals surface area (Å²) in [6.07, 6.45) is 10.1. The van der Waals surface area contributed by atoms with Gasteiger partial charge in [0, 0.05) is 0 Å². The normalized spacial score (nSPS) is 40.6. The molecule has 2 aliphatic rings. The Hall–Kier alpha value is -0.570. The molecule has 0 heterocycles. The number of rotatable bonds is 0. The molecule has 2 fully saturated rings. The summed E-state index contributed by atoms with van der Waals surface area (Å²) in [5.74, 6) is 0.349. The van der Waals surface area contributed by atoms with Gasteiger partial charge in [-0.2, -0.15) is 0 Å². The van der Waals surface area contributed by atoms with Gasteiger partial charge in [-0.25, -0.2) is 0 Å². The Morgan fingerprint density at radius 2 is 1.73 bits per heavy atom. The summed E-state index contributed by atoms with van der Waals surface area (Å²) in [6.45, 7) is 0. The van der Waals surface area contributed by atoms with Gasteiger partial charge in [0.2, 0.25) is 0 Å². The number of oxime groups is 1. The van der Waals surface area contributed by atoms with Crippen molar-refractivity contribution in [2.24, 2.45) is 11.1 Å². The van der Waals surface area contributed by atoms with Crippen LogP contribution in [0.1, 0.15) is 57.8 Å². The number of nitrogens with zero attached hydrogens (tertiary/aromatic N) is 1. The first-order valence-corrected chi connectivity index (χ1v) is 6.21. The maximum atomic E-state index is 10.4. The quantitative estimate of drug-likeness (QED) is 0.478. The smallest absolute Gasteiger partial charge is 0.109 e. The third-order valence-corrected chi connectivity index (χ3v) is 4.10. The minimum Gasteiger partial charge on any atom is -0.411 e. The molecule has 0 saturated heterocycles. The predicted octanol–water partition coefficient (Wildman–Crippen LogP) is 2.70. The molecule has 0 aromatic carbocycles. The lowest BCUT2D eigenvalue weighted by Gasteiger charge is -2.46. The molecule has 0 aromatic rings. The van der Waals surface area contributed by atoms with Crippen LogP contribution in [0.2, 0.25) is 0 Å². The molecule has 2 aliphatic carbocycles. The molecule has 3 heteroatoms. The topological polar surface area (TPSA) is 52.8 Å². The first kappa shape index (κ1) is 10.9. The van der Waals surface area contributed by atoms with Crippen LogP contribution in [0.5, 0.6) is 0 Å². The number of fused-ring (bicyclic) bond motifs is 1. The molecule has 2 atom stereocenters. The van der Waals surface area contributed by atoms with Gasteiger partial charge < -0.3 is 10.3 Å². The van der Waals surface area contributed by atoms with Crippen molar-refractivity contribution in [3.63, 3.8) is 0 Å². The van der Waals surface area contributed by atoms with Gasteiger partial charge in [0.1, 0.15) is 5.60 Å². The highest BCUT2D eigenvalue weighted by molar-refractivity contribution is 5.98. The summed E-state index contributed by atoms with van der Waals surface area (Å²) in [5.41, 5.74) is -0.139. The fraction of sp³-hybridized carbons (Fsp3) is 0.917.